The number of halogens is 2. The maximum atomic E-state index is 6.27. The van der Waals surface area contributed by atoms with Crippen LogP contribution in [0.4, 0.5) is 17.2 Å². The largest absolute Gasteiger partial charge is 0.399 e. The predicted molar refractivity (Wildman–Crippen MR) is 92.2 cm³/mol. The van der Waals surface area contributed by atoms with Gasteiger partial charge in [0.2, 0.25) is 0 Å². The van der Waals surface area contributed by atoms with E-state index >= 15 is 0 Å². The highest BCUT2D eigenvalue weighted by Gasteiger charge is 2.20. The Morgan fingerprint density at radius 1 is 1.05 bits per heavy atom. The van der Waals surface area contributed by atoms with Gasteiger partial charge in [0.15, 0.2) is 0 Å². The molecule has 0 amide bonds. The molecule has 1 aliphatic heterocycles. The van der Waals surface area contributed by atoms with Gasteiger partial charge in [-0.1, -0.05) is 11.6 Å². The molecule has 1 fully saturated rings. The van der Waals surface area contributed by atoms with E-state index in [1.165, 1.54) is 5.69 Å². The first-order chi connectivity index (χ1) is 10.1. The van der Waals surface area contributed by atoms with Gasteiger partial charge in [-0.05, 0) is 46.3 Å². The van der Waals surface area contributed by atoms with Crippen molar-refractivity contribution < 1.29 is 0 Å². The van der Waals surface area contributed by atoms with Crippen LogP contribution in [0.2, 0.25) is 5.02 Å². The molecule has 1 aromatic heterocycles. The van der Waals surface area contributed by atoms with Gasteiger partial charge in [0.05, 0.1) is 5.02 Å². The minimum atomic E-state index is 0.685. The van der Waals surface area contributed by atoms with Crippen molar-refractivity contribution >= 4 is 44.7 Å². The maximum absolute atomic E-state index is 6.27. The van der Waals surface area contributed by atoms with Gasteiger partial charge in [-0.15, -0.1) is 0 Å². The Labute approximate surface area is 137 Å². The van der Waals surface area contributed by atoms with E-state index in [1.807, 2.05) is 18.2 Å². The second-order valence-electron chi connectivity index (χ2n) is 5.02. The first kappa shape index (κ1) is 14.5. The smallest absolute Gasteiger partial charge is 0.147 e. The van der Waals surface area contributed by atoms with Crippen molar-refractivity contribution in [3.05, 3.63) is 46.0 Å². The summed E-state index contributed by atoms with van der Waals surface area (Å²) in [5, 5.41) is 0.685. The third-order valence-corrected chi connectivity index (χ3v) is 4.34. The molecule has 0 spiro atoms. The van der Waals surface area contributed by atoms with Crippen LogP contribution in [0.5, 0.6) is 0 Å². The Morgan fingerprint density at radius 3 is 2.29 bits per heavy atom. The van der Waals surface area contributed by atoms with Crippen LogP contribution in [0.15, 0.2) is 41.0 Å². The molecule has 1 aliphatic rings. The van der Waals surface area contributed by atoms with Gasteiger partial charge in [0.1, 0.15) is 5.82 Å². The highest BCUT2D eigenvalue weighted by Crippen LogP contribution is 2.28. The first-order valence-electron chi connectivity index (χ1n) is 6.80. The summed E-state index contributed by atoms with van der Waals surface area (Å²) in [5.74, 6) is 0.858. The molecular formula is C15H16BrClN4. The van der Waals surface area contributed by atoms with Crippen LogP contribution in [0.1, 0.15) is 0 Å². The molecule has 3 rings (SSSR count). The normalized spacial score (nSPS) is 15.3. The lowest BCUT2D eigenvalue weighted by molar-refractivity contribution is 0.647. The van der Waals surface area contributed by atoms with Gasteiger partial charge in [-0.3, -0.25) is 0 Å². The fourth-order valence-corrected chi connectivity index (χ4v) is 3.25. The van der Waals surface area contributed by atoms with E-state index in [2.05, 4.69) is 42.8 Å². The molecule has 1 saturated heterocycles. The third kappa shape index (κ3) is 3.24. The Bertz CT molecular complexity index is 624. The molecule has 0 bridgehead atoms. The number of anilines is 3. The molecule has 2 aromatic rings. The van der Waals surface area contributed by atoms with Crippen molar-refractivity contribution in [3.8, 4) is 0 Å². The van der Waals surface area contributed by atoms with Crippen LogP contribution >= 0.6 is 27.5 Å². The number of nitrogens with zero attached hydrogens (tertiary/aromatic N) is 3. The van der Waals surface area contributed by atoms with Crippen LogP contribution in [0.3, 0.4) is 0 Å². The number of hydrogen-bond acceptors (Lipinski definition) is 4. The van der Waals surface area contributed by atoms with Gasteiger partial charge >= 0.3 is 0 Å². The molecule has 1 aromatic carbocycles. The second-order valence-corrected chi connectivity index (χ2v) is 6.35. The van der Waals surface area contributed by atoms with Gasteiger partial charge < -0.3 is 15.5 Å². The Balaban J connectivity index is 1.68. The van der Waals surface area contributed by atoms with E-state index in [0.717, 1.165) is 42.2 Å². The van der Waals surface area contributed by atoms with Crippen LogP contribution in [-0.4, -0.2) is 31.2 Å². The quantitative estimate of drug-likeness (QED) is 0.826. The highest BCUT2D eigenvalue weighted by molar-refractivity contribution is 9.10. The van der Waals surface area contributed by atoms with E-state index in [-0.39, 0.29) is 0 Å². The summed E-state index contributed by atoms with van der Waals surface area (Å²) in [6, 6.07) is 9.89. The molecule has 4 nitrogen and oxygen atoms in total. The van der Waals surface area contributed by atoms with Crippen LogP contribution in [0.25, 0.3) is 0 Å². The second kappa shape index (κ2) is 6.12. The lowest BCUT2D eigenvalue weighted by atomic mass is 10.2. The Kier molecular flexibility index (Phi) is 4.22. The number of nitrogen functional groups attached to an aromatic ring is 1. The minimum absolute atomic E-state index is 0.685. The van der Waals surface area contributed by atoms with Crippen LogP contribution in [-0.2, 0) is 0 Å². The number of pyridine rings is 1. The summed E-state index contributed by atoms with van der Waals surface area (Å²) in [4.78, 5) is 9.00. The average Bonchev–Trinajstić information content (AvgIpc) is 2.48. The molecule has 0 aliphatic carbocycles. The molecule has 0 radical (unpaired) electrons. The molecule has 6 heteroatoms. The van der Waals surface area contributed by atoms with Crippen molar-refractivity contribution in [2.45, 2.75) is 0 Å². The average molecular weight is 368 g/mol. The maximum Gasteiger partial charge on any atom is 0.147 e. The predicted octanol–water partition coefficient (Wildman–Crippen LogP) is 3.41. The number of piperazine rings is 1. The molecular weight excluding hydrogens is 352 g/mol. The van der Waals surface area contributed by atoms with Gasteiger partial charge in [0.25, 0.3) is 0 Å². The fourth-order valence-electron chi connectivity index (χ4n) is 2.50. The van der Waals surface area contributed by atoms with E-state index in [9.17, 15) is 0 Å². The highest BCUT2D eigenvalue weighted by atomic mass is 79.9. The van der Waals surface area contributed by atoms with Crippen molar-refractivity contribution in [3.63, 3.8) is 0 Å². The van der Waals surface area contributed by atoms with Crippen molar-refractivity contribution in [1.29, 1.82) is 0 Å². The topological polar surface area (TPSA) is 45.4 Å². The van der Waals surface area contributed by atoms with Gasteiger partial charge in [-0.2, -0.15) is 0 Å². The van der Waals surface area contributed by atoms with E-state index in [1.54, 1.807) is 6.20 Å². The number of aromatic nitrogens is 1. The number of benzene rings is 1. The summed E-state index contributed by atoms with van der Waals surface area (Å²) in [5.41, 5.74) is 7.73. The van der Waals surface area contributed by atoms with E-state index in [4.69, 9.17) is 17.3 Å². The fraction of sp³-hybridized carbons (Fsp3) is 0.267. The Hall–Kier alpha value is -1.46. The third-order valence-electron chi connectivity index (χ3n) is 3.63. The van der Waals surface area contributed by atoms with Crippen LogP contribution < -0.4 is 15.5 Å². The van der Waals surface area contributed by atoms with Crippen molar-refractivity contribution in [2.75, 3.05) is 41.7 Å². The summed E-state index contributed by atoms with van der Waals surface area (Å²) in [7, 11) is 0. The number of nitrogens with two attached hydrogens (primary N) is 1. The summed E-state index contributed by atoms with van der Waals surface area (Å²) < 4.78 is 0.900. The zero-order valence-electron chi connectivity index (χ0n) is 11.5. The zero-order valence-corrected chi connectivity index (χ0v) is 13.8. The van der Waals surface area contributed by atoms with Crippen LogP contribution in [0, 0.1) is 0 Å². The van der Waals surface area contributed by atoms with Gasteiger partial charge in [-0.25, -0.2) is 4.98 Å². The standard InChI is InChI=1S/C15H16BrClN4/c16-11-9-14(17)15(19-10-11)21-7-5-20(6-8-21)13-3-1-12(18)2-4-13/h1-4,9-10H,5-8,18H2. The molecule has 110 valence electrons. The molecule has 0 unspecified atom stereocenters. The SMILES string of the molecule is Nc1ccc(N2CCN(c3ncc(Br)cc3Cl)CC2)cc1. The summed E-state index contributed by atoms with van der Waals surface area (Å²) >= 11 is 9.65. The molecule has 2 N–H and O–H groups in total. The zero-order chi connectivity index (χ0) is 14.8. The Morgan fingerprint density at radius 2 is 1.67 bits per heavy atom. The molecule has 21 heavy (non-hydrogen) atoms. The molecule has 0 atom stereocenters. The molecule has 0 saturated carbocycles. The summed E-state index contributed by atoms with van der Waals surface area (Å²) in [6.45, 7) is 3.69. The first-order valence-corrected chi connectivity index (χ1v) is 7.97. The summed E-state index contributed by atoms with van der Waals surface area (Å²) in [6.07, 6.45) is 1.79. The van der Waals surface area contributed by atoms with E-state index < -0.39 is 0 Å². The monoisotopic (exact) mass is 366 g/mol. The molecule has 2 heterocycles. The van der Waals surface area contributed by atoms with E-state index in [0.29, 0.717) is 5.02 Å². The van der Waals surface area contributed by atoms with Crippen molar-refractivity contribution in [1.82, 2.24) is 4.98 Å². The minimum Gasteiger partial charge on any atom is -0.399 e. The van der Waals surface area contributed by atoms with Crippen molar-refractivity contribution in [2.24, 2.45) is 0 Å². The van der Waals surface area contributed by atoms with Gasteiger partial charge in [0, 0.05) is 48.2 Å². The number of hydrogen-bond donors (Lipinski definition) is 1. The lowest BCUT2D eigenvalue weighted by Crippen LogP contribution is -2.46. The number of rotatable bonds is 2. The lowest BCUT2D eigenvalue weighted by Gasteiger charge is -2.37.